The number of methoxy groups -OCH3 is 2. The van der Waals surface area contributed by atoms with Crippen LogP contribution in [0.25, 0.3) is 0 Å². The van der Waals surface area contributed by atoms with Gasteiger partial charge < -0.3 is 19.3 Å². The van der Waals surface area contributed by atoms with E-state index in [-0.39, 0.29) is 13.2 Å². The lowest BCUT2D eigenvalue weighted by Crippen LogP contribution is -2.03. The van der Waals surface area contributed by atoms with Crippen molar-refractivity contribution >= 4 is 0 Å². The number of aliphatic hydroxyl groups is 1. The summed E-state index contributed by atoms with van der Waals surface area (Å²) in [7, 11) is 3.00. The molecule has 0 saturated carbocycles. The van der Waals surface area contributed by atoms with E-state index in [1.807, 2.05) is 0 Å². The van der Waals surface area contributed by atoms with E-state index in [1.165, 1.54) is 14.2 Å². The molecule has 1 aromatic carbocycles. The van der Waals surface area contributed by atoms with E-state index in [1.54, 1.807) is 12.1 Å². The van der Waals surface area contributed by atoms with Crippen LogP contribution in [0.15, 0.2) is 12.1 Å². The third kappa shape index (κ3) is 3.49. The molecule has 0 aliphatic carbocycles. The van der Waals surface area contributed by atoms with Gasteiger partial charge in [0.25, 0.3) is 0 Å². The van der Waals surface area contributed by atoms with E-state index < -0.39 is 6.67 Å². The Morgan fingerprint density at radius 1 is 1.18 bits per heavy atom. The highest BCUT2D eigenvalue weighted by molar-refractivity contribution is 5.53. The Bertz CT molecular complexity index is 329. The summed E-state index contributed by atoms with van der Waals surface area (Å²) >= 11 is 0. The van der Waals surface area contributed by atoms with E-state index in [0.29, 0.717) is 29.2 Å². The molecular formula is C12H17FO4. The van der Waals surface area contributed by atoms with Crippen LogP contribution in [-0.4, -0.2) is 32.6 Å². The van der Waals surface area contributed by atoms with Crippen molar-refractivity contribution < 1.29 is 23.7 Å². The molecule has 0 radical (unpaired) electrons. The monoisotopic (exact) mass is 244 g/mol. The van der Waals surface area contributed by atoms with Crippen LogP contribution in [0.1, 0.15) is 12.0 Å². The first kappa shape index (κ1) is 13.6. The summed E-state index contributed by atoms with van der Waals surface area (Å²) in [6.45, 7) is -0.293. The van der Waals surface area contributed by atoms with Crippen LogP contribution in [0.3, 0.4) is 0 Å². The zero-order valence-electron chi connectivity index (χ0n) is 10.0. The average molecular weight is 244 g/mol. The number of ether oxygens (including phenoxy) is 3. The van der Waals surface area contributed by atoms with Crippen molar-refractivity contribution in [3.8, 4) is 17.2 Å². The molecule has 1 rings (SSSR count). The first-order valence-corrected chi connectivity index (χ1v) is 5.31. The summed E-state index contributed by atoms with van der Waals surface area (Å²) in [4.78, 5) is 0. The lowest BCUT2D eigenvalue weighted by Gasteiger charge is -2.15. The van der Waals surface area contributed by atoms with Crippen molar-refractivity contribution in [2.45, 2.75) is 13.0 Å². The molecule has 0 aromatic heterocycles. The molecule has 0 unspecified atom stereocenters. The van der Waals surface area contributed by atoms with Crippen LogP contribution in [-0.2, 0) is 6.61 Å². The van der Waals surface area contributed by atoms with Crippen molar-refractivity contribution in [2.24, 2.45) is 0 Å². The van der Waals surface area contributed by atoms with Gasteiger partial charge in [-0.2, -0.15) is 0 Å². The highest BCUT2D eigenvalue weighted by Crippen LogP contribution is 2.38. The predicted octanol–water partition coefficient (Wildman–Crippen LogP) is 1.93. The smallest absolute Gasteiger partial charge is 0.203 e. The topological polar surface area (TPSA) is 47.9 Å². The molecular weight excluding hydrogens is 227 g/mol. The number of hydrogen-bond donors (Lipinski definition) is 1. The third-order valence-corrected chi connectivity index (χ3v) is 2.23. The molecule has 0 amide bonds. The normalized spacial score (nSPS) is 10.1. The second-order valence-electron chi connectivity index (χ2n) is 3.38. The third-order valence-electron chi connectivity index (χ3n) is 2.23. The minimum absolute atomic E-state index is 0.114. The summed E-state index contributed by atoms with van der Waals surface area (Å²) in [5, 5.41) is 9.08. The van der Waals surface area contributed by atoms with Gasteiger partial charge in [-0.25, -0.2) is 0 Å². The number of halogens is 1. The van der Waals surface area contributed by atoms with Gasteiger partial charge in [-0.15, -0.1) is 0 Å². The van der Waals surface area contributed by atoms with Gasteiger partial charge in [0, 0.05) is 6.42 Å². The summed E-state index contributed by atoms with van der Waals surface area (Å²) < 4.78 is 27.7. The second kappa shape index (κ2) is 6.96. The van der Waals surface area contributed by atoms with Crippen LogP contribution < -0.4 is 14.2 Å². The molecule has 0 aliphatic heterocycles. The molecule has 1 aromatic rings. The van der Waals surface area contributed by atoms with Crippen LogP contribution in [0, 0.1) is 0 Å². The summed E-state index contributed by atoms with van der Waals surface area (Å²) in [6, 6.07) is 3.32. The largest absolute Gasteiger partial charge is 0.493 e. The van der Waals surface area contributed by atoms with Gasteiger partial charge in [-0.1, -0.05) is 0 Å². The molecule has 0 saturated heterocycles. The number of alkyl halides is 1. The first-order chi connectivity index (χ1) is 8.26. The quantitative estimate of drug-likeness (QED) is 0.744. The number of rotatable bonds is 7. The summed E-state index contributed by atoms with van der Waals surface area (Å²) in [5.74, 6) is 1.36. The fourth-order valence-corrected chi connectivity index (χ4v) is 1.40. The Morgan fingerprint density at radius 2 is 1.76 bits per heavy atom. The highest BCUT2D eigenvalue weighted by atomic mass is 19.1. The molecule has 0 aliphatic rings. The maximum atomic E-state index is 12.0. The number of hydrogen-bond acceptors (Lipinski definition) is 4. The zero-order chi connectivity index (χ0) is 12.7. The van der Waals surface area contributed by atoms with Crippen LogP contribution in [0.4, 0.5) is 4.39 Å². The van der Waals surface area contributed by atoms with E-state index in [9.17, 15) is 4.39 Å². The Labute approximate surface area is 99.9 Å². The van der Waals surface area contributed by atoms with E-state index in [2.05, 4.69) is 0 Å². The summed E-state index contributed by atoms with van der Waals surface area (Å²) in [6.07, 6.45) is 0.314. The van der Waals surface area contributed by atoms with E-state index in [4.69, 9.17) is 19.3 Å². The predicted molar refractivity (Wildman–Crippen MR) is 61.6 cm³/mol. The molecule has 0 bridgehead atoms. The molecule has 5 heteroatoms. The maximum Gasteiger partial charge on any atom is 0.203 e. The molecule has 0 fully saturated rings. The van der Waals surface area contributed by atoms with Crippen molar-refractivity contribution in [2.75, 3.05) is 27.5 Å². The van der Waals surface area contributed by atoms with Gasteiger partial charge >= 0.3 is 0 Å². The van der Waals surface area contributed by atoms with Crippen LogP contribution in [0.5, 0.6) is 17.2 Å². The van der Waals surface area contributed by atoms with Gasteiger partial charge in [-0.05, 0) is 17.7 Å². The Hall–Kier alpha value is -1.49. The number of benzene rings is 1. The van der Waals surface area contributed by atoms with Crippen LogP contribution >= 0.6 is 0 Å². The van der Waals surface area contributed by atoms with Crippen LogP contribution in [0.2, 0.25) is 0 Å². The van der Waals surface area contributed by atoms with Crippen molar-refractivity contribution in [3.05, 3.63) is 17.7 Å². The van der Waals surface area contributed by atoms with Gasteiger partial charge in [-0.3, -0.25) is 4.39 Å². The van der Waals surface area contributed by atoms with Gasteiger partial charge in [0.1, 0.15) is 0 Å². The molecule has 1 N–H and O–H groups in total. The first-order valence-electron chi connectivity index (χ1n) is 5.31. The zero-order valence-corrected chi connectivity index (χ0v) is 10.0. The molecule has 17 heavy (non-hydrogen) atoms. The highest BCUT2D eigenvalue weighted by Gasteiger charge is 2.13. The Kier molecular flexibility index (Phi) is 5.56. The minimum Gasteiger partial charge on any atom is -0.493 e. The molecule has 0 heterocycles. The van der Waals surface area contributed by atoms with Crippen molar-refractivity contribution in [1.29, 1.82) is 0 Å². The standard InChI is InChI=1S/C12H17FO4/c1-15-10-6-9(8-14)7-11(16-2)12(10)17-5-3-4-13/h6-7,14H,3-5,8H2,1-2H3. The fraction of sp³-hybridized carbons (Fsp3) is 0.500. The van der Waals surface area contributed by atoms with E-state index in [0.717, 1.165) is 0 Å². The van der Waals surface area contributed by atoms with E-state index >= 15 is 0 Å². The lowest BCUT2D eigenvalue weighted by atomic mass is 10.2. The molecule has 0 spiro atoms. The van der Waals surface area contributed by atoms with Gasteiger partial charge in [0.15, 0.2) is 11.5 Å². The Balaban J connectivity index is 2.98. The molecule has 96 valence electrons. The van der Waals surface area contributed by atoms with Gasteiger partial charge in [0.2, 0.25) is 5.75 Å². The van der Waals surface area contributed by atoms with Gasteiger partial charge in [0.05, 0.1) is 34.1 Å². The average Bonchev–Trinajstić information content (AvgIpc) is 2.38. The lowest BCUT2D eigenvalue weighted by molar-refractivity contribution is 0.255. The minimum atomic E-state index is -0.431. The SMILES string of the molecule is COc1cc(CO)cc(OC)c1OCCCF. The molecule has 4 nitrogen and oxygen atoms in total. The molecule has 0 atom stereocenters. The van der Waals surface area contributed by atoms with Crippen molar-refractivity contribution in [1.82, 2.24) is 0 Å². The Morgan fingerprint density at radius 3 is 2.18 bits per heavy atom. The second-order valence-corrected chi connectivity index (χ2v) is 3.38. The van der Waals surface area contributed by atoms with Crippen molar-refractivity contribution in [3.63, 3.8) is 0 Å². The fourth-order valence-electron chi connectivity index (χ4n) is 1.40. The number of aliphatic hydroxyl groups excluding tert-OH is 1. The summed E-state index contributed by atoms with van der Waals surface area (Å²) in [5.41, 5.74) is 0.663. The maximum absolute atomic E-state index is 12.0.